The zero-order chi connectivity index (χ0) is 14.9. The molecule has 0 amide bonds. The SMILES string of the molecule is CNc1nc(N2CCCC(C)C2C)cc(C(F)(F)F)n1. The van der Waals surface area contributed by atoms with Crippen LogP contribution < -0.4 is 10.2 Å². The van der Waals surface area contributed by atoms with E-state index in [0.717, 1.165) is 25.5 Å². The Labute approximate surface area is 116 Å². The predicted octanol–water partition coefficient (Wildman–Crippen LogP) is 3.16. The van der Waals surface area contributed by atoms with E-state index in [1.807, 2.05) is 11.8 Å². The first-order valence-corrected chi connectivity index (χ1v) is 6.73. The van der Waals surface area contributed by atoms with Gasteiger partial charge in [-0.1, -0.05) is 6.92 Å². The second kappa shape index (κ2) is 5.46. The Hall–Kier alpha value is -1.53. The lowest BCUT2D eigenvalue weighted by atomic mass is 9.92. The standard InChI is InChI=1S/C13H19F3N4/c1-8-5-4-6-20(9(8)2)11-7-10(13(14,15)16)18-12(17-3)19-11/h7-9H,4-6H2,1-3H3,(H,17,18,19). The van der Waals surface area contributed by atoms with Crippen LogP contribution in [-0.2, 0) is 6.18 Å². The second-order valence-corrected chi connectivity index (χ2v) is 5.24. The zero-order valence-electron chi connectivity index (χ0n) is 11.8. The summed E-state index contributed by atoms with van der Waals surface area (Å²) in [7, 11) is 1.52. The maximum absolute atomic E-state index is 12.9. The molecule has 7 heteroatoms. The van der Waals surface area contributed by atoms with Crippen molar-refractivity contribution in [3.05, 3.63) is 11.8 Å². The lowest BCUT2D eigenvalue weighted by Gasteiger charge is -2.39. The van der Waals surface area contributed by atoms with E-state index in [-0.39, 0.29) is 12.0 Å². The van der Waals surface area contributed by atoms with Crippen LogP contribution in [-0.4, -0.2) is 29.6 Å². The maximum atomic E-state index is 12.9. The van der Waals surface area contributed by atoms with Gasteiger partial charge in [-0.3, -0.25) is 0 Å². The fraction of sp³-hybridized carbons (Fsp3) is 0.692. The van der Waals surface area contributed by atoms with Crippen molar-refractivity contribution in [1.29, 1.82) is 0 Å². The normalized spacial score (nSPS) is 23.8. The van der Waals surface area contributed by atoms with Crippen molar-refractivity contribution in [2.45, 2.75) is 38.9 Å². The van der Waals surface area contributed by atoms with Crippen LogP contribution in [0.25, 0.3) is 0 Å². The van der Waals surface area contributed by atoms with Crippen molar-refractivity contribution < 1.29 is 13.2 Å². The molecule has 1 aromatic heterocycles. The molecule has 1 fully saturated rings. The van der Waals surface area contributed by atoms with Crippen LogP contribution in [0.4, 0.5) is 24.9 Å². The number of nitrogens with one attached hydrogen (secondary N) is 1. The van der Waals surface area contributed by atoms with Crippen molar-refractivity contribution in [2.75, 3.05) is 23.8 Å². The molecule has 0 saturated carbocycles. The molecule has 2 rings (SSSR count). The van der Waals surface area contributed by atoms with Crippen molar-refractivity contribution in [2.24, 2.45) is 5.92 Å². The van der Waals surface area contributed by atoms with Crippen LogP contribution in [0, 0.1) is 5.92 Å². The number of alkyl halides is 3. The van der Waals surface area contributed by atoms with Gasteiger partial charge in [0.15, 0.2) is 5.69 Å². The Bertz CT molecular complexity index is 475. The number of aromatic nitrogens is 2. The molecular weight excluding hydrogens is 269 g/mol. The average Bonchev–Trinajstić information content (AvgIpc) is 2.40. The summed E-state index contributed by atoms with van der Waals surface area (Å²) in [4.78, 5) is 9.60. The lowest BCUT2D eigenvalue weighted by Crippen LogP contribution is -2.43. The first-order valence-electron chi connectivity index (χ1n) is 6.73. The monoisotopic (exact) mass is 288 g/mol. The summed E-state index contributed by atoms with van der Waals surface area (Å²) in [6, 6.07) is 1.21. The van der Waals surface area contributed by atoms with Crippen LogP contribution in [0.15, 0.2) is 6.07 Å². The van der Waals surface area contributed by atoms with Crippen LogP contribution >= 0.6 is 0 Å². The Kier molecular flexibility index (Phi) is 4.06. The van der Waals surface area contributed by atoms with Gasteiger partial charge in [0.1, 0.15) is 5.82 Å². The Morgan fingerprint density at radius 1 is 1.30 bits per heavy atom. The maximum Gasteiger partial charge on any atom is 0.433 e. The largest absolute Gasteiger partial charge is 0.433 e. The Balaban J connectivity index is 2.40. The summed E-state index contributed by atoms with van der Waals surface area (Å²) < 4.78 is 38.7. The van der Waals surface area contributed by atoms with E-state index in [1.165, 1.54) is 7.05 Å². The molecular formula is C13H19F3N4. The molecule has 20 heavy (non-hydrogen) atoms. The van der Waals surface area contributed by atoms with Gasteiger partial charge >= 0.3 is 6.18 Å². The molecule has 2 heterocycles. The van der Waals surface area contributed by atoms with E-state index in [0.29, 0.717) is 11.7 Å². The van der Waals surface area contributed by atoms with Crippen LogP contribution in [0.1, 0.15) is 32.4 Å². The Morgan fingerprint density at radius 3 is 2.60 bits per heavy atom. The third-order valence-corrected chi connectivity index (χ3v) is 3.89. The summed E-state index contributed by atoms with van der Waals surface area (Å²) in [5.74, 6) is 0.780. The van der Waals surface area contributed by atoms with Gasteiger partial charge in [0.05, 0.1) is 0 Å². The fourth-order valence-electron chi connectivity index (χ4n) is 2.50. The van der Waals surface area contributed by atoms with E-state index in [1.54, 1.807) is 0 Å². The second-order valence-electron chi connectivity index (χ2n) is 5.24. The van der Waals surface area contributed by atoms with Gasteiger partial charge in [-0.15, -0.1) is 0 Å². The fourth-order valence-corrected chi connectivity index (χ4v) is 2.50. The van der Waals surface area contributed by atoms with E-state index >= 15 is 0 Å². The molecule has 2 unspecified atom stereocenters. The van der Waals surface area contributed by atoms with Crippen LogP contribution in [0.2, 0.25) is 0 Å². The molecule has 0 bridgehead atoms. The van der Waals surface area contributed by atoms with Crippen molar-refractivity contribution in [1.82, 2.24) is 9.97 Å². The first-order chi connectivity index (χ1) is 9.32. The minimum absolute atomic E-state index is 0.000233. The molecule has 1 saturated heterocycles. The zero-order valence-corrected chi connectivity index (χ0v) is 11.8. The van der Waals surface area contributed by atoms with Gasteiger partial charge in [-0.25, -0.2) is 4.98 Å². The summed E-state index contributed by atoms with van der Waals surface area (Å²) >= 11 is 0. The van der Waals surface area contributed by atoms with Crippen LogP contribution in [0.3, 0.4) is 0 Å². The number of piperidine rings is 1. The first kappa shape index (κ1) is 14.9. The molecule has 112 valence electrons. The van der Waals surface area contributed by atoms with Gasteiger partial charge in [-0.05, 0) is 25.7 Å². The number of halogens is 3. The molecule has 1 aromatic rings. The Morgan fingerprint density at radius 2 is 2.00 bits per heavy atom. The summed E-state index contributed by atoms with van der Waals surface area (Å²) in [6.07, 6.45) is -2.41. The molecule has 0 aliphatic carbocycles. The molecule has 0 spiro atoms. The summed E-state index contributed by atoms with van der Waals surface area (Å²) in [6.45, 7) is 4.86. The highest BCUT2D eigenvalue weighted by Gasteiger charge is 2.35. The van der Waals surface area contributed by atoms with Gasteiger partial charge in [0.25, 0.3) is 0 Å². The molecule has 2 atom stereocenters. The van der Waals surface area contributed by atoms with Gasteiger partial charge in [0, 0.05) is 25.7 Å². The average molecular weight is 288 g/mol. The van der Waals surface area contributed by atoms with Gasteiger partial charge in [-0.2, -0.15) is 18.2 Å². The highest BCUT2D eigenvalue weighted by atomic mass is 19.4. The van der Waals surface area contributed by atoms with Gasteiger partial charge < -0.3 is 10.2 Å². The van der Waals surface area contributed by atoms with Crippen LogP contribution in [0.5, 0.6) is 0 Å². The smallest absolute Gasteiger partial charge is 0.357 e. The van der Waals surface area contributed by atoms with E-state index in [4.69, 9.17) is 0 Å². The quantitative estimate of drug-likeness (QED) is 0.907. The molecule has 4 nitrogen and oxygen atoms in total. The lowest BCUT2D eigenvalue weighted by molar-refractivity contribution is -0.141. The third-order valence-electron chi connectivity index (χ3n) is 3.89. The predicted molar refractivity (Wildman–Crippen MR) is 71.8 cm³/mol. The number of rotatable bonds is 2. The highest BCUT2D eigenvalue weighted by Crippen LogP contribution is 2.33. The number of hydrogen-bond acceptors (Lipinski definition) is 4. The van der Waals surface area contributed by atoms with E-state index < -0.39 is 11.9 Å². The van der Waals surface area contributed by atoms with E-state index in [9.17, 15) is 13.2 Å². The number of nitrogens with zero attached hydrogens (tertiary/aromatic N) is 3. The summed E-state index contributed by atoms with van der Waals surface area (Å²) in [5.41, 5.74) is -0.905. The van der Waals surface area contributed by atoms with Crippen molar-refractivity contribution in [3.63, 3.8) is 0 Å². The van der Waals surface area contributed by atoms with Gasteiger partial charge in [0.2, 0.25) is 5.95 Å². The molecule has 1 N–H and O–H groups in total. The highest BCUT2D eigenvalue weighted by molar-refractivity contribution is 5.46. The minimum atomic E-state index is -4.46. The summed E-state index contributed by atoms with van der Waals surface area (Å²) in [5, 5.41) is 2.60. The number of anilines is 2. The van der Waals surface area contributed by atoms with Crippen molar-refractivity contribution >= 4 is 11.8 Å². The van der Waals surface area contributed by atoms with Crippen molar-refractivity contribution in [3.8, 4) is 0 Å². The molecule has 1 aliphatic rings. The molecule has 0 radical (unpaired) electrons. The minimum Gasteiger partial charge on any atom is -0.357 e. The molecule has 1 aliphatic heterocycles. The number of hydrogen-bond donors (Lipinski definition) is 1. The topological polar surface area (TPSA) is 41.1 Å². The van der Waals surface area contributed by atoms with E-state index in [2.05, 4.69) is 22.2 Å². The molecule has 0 aromatic carbocycles. The third kappa shape index (κ3) is 2.96.